The van der Waals surface area contributed by atoms with Crippen LogP contribution in [0.4, 0.5) is 0 Å². The van der Waals surface area contributed by atoms with Gasteiger partial charge in [0.15, 0.2) is 6.29 Å². The van der Waals surface area contributed by atoms with Crippen LogP contribution in [0.15, 0.2) is 0 Å². The first-order valence-corrected chi connectivity index (χ1v) is 7.85. The molecule has 0 aromatic rings. The van der Waals surface area contributed by atoms with E-state index in [2.05, 4.69) is 0 Å². The molecule has 3 aliphatic rings. The van der Waals surface area contributed by atoms with Gasteiger partial charge in [0.1, 0.15) is 0 Å². The highest BCUT2D eigenvalue weighted by molar-refractivity contribution is 5.25. The minimum absolute atomic E-state index is 0.0620. The lowest BCUT2D eigenvalue weighted by atomic mass is 9.54. The van der Waals surface area contributed by atoms with E-state index in [9.17, 15) is 15.3 Å². The van der Waals surface area contributed by atoms with Crippen molar-refractivity contribution in [2.45, 2.75) is 58.2 Å². The van der Waals surface area contributed by atoms with Gasteiger partial charge in [-0.3, -0.25) is 0 Å². The molecule has 0 aromatic heterocycles. The van der Waals surface area contributed by atoms with Crippen molar-refractivity contribution in [3.8, 4) is 0 Å². The Balaban J connectivity index is 2.19. The van der Waals surface area contributed by atoms with Crippen molar-refractivity contribution in [1.29, 1.82) is 0 Å². The van der Waals surface area contributed by atoms with Crippen molar-refractivity contribution in [1.82, 2.24) is 0 Å². The fourth-order valence-electron chi connectivity index (χ4n) is 5.85. The Morgan fingerprint density at radius 1 is 1.19 bits per heavy atom. The molecule has 2 aliphatic carbocycles. The minimum atomic E-state index is -1.19. The molecule has 1 heterocycles. The summed E-state index contributed by atoms with van der Waals surface area (Å²) < 4.78 is 11.3. The lowest BCUT2D eigenvalue weighted by Gasteiger charge is -2.59. The highest BCUT2D eigenvalue weighted by Gasteiger charge is 2.78. The molecule has 122 valence electrons. The van der Waals surface area contributed by atoms with Crippen LogP contribution in [-0.2, 0) is 9.47 Å². The van der Waals surface area contributed by atoms with Gasteiger partial charge in [-0.25, -0.2) is 0 Å². The van der Waals surface area contributed by atoms with E-state index in [0.717, 1.165) is 0 Å². The normalized spacial score (nSPS) is 58.9. The summed E-state index contributed by atoms with van der Waals surface area (Å²) in [7, 11) is 1.58. The highest BCUT2D eigenvalue weighted by Crippen LogP contribution is 2.68. The molecule has 5 heteroatoms. The molecule has 8 atom stereocenters. The Bertz CT molecular complexity index is 438. The van der Waals surface area contributed by atoms with Gasteiger partial charge in [-0.15, -0.1) is 0 Å². The van der Waals surface area contributed by atoms with Gasteiger partial charge >= 0.3 is 0 Å². The Morgan fingerprint density at radius 3 is 2.38 bits per heavy atom. The molecule has 5 nitrogen and oxygen atoms in total. The van der Waals surface area contributed by atoms with Crippen LogP contribution in [0.3, 0.4) is 0 Å². The number of hydrogen-bond acceptors (Lipinski definition) is 5. The predicted molar refractivity (Wildman–Crippen MR) is 76.4 cm³/mol. The van der Waals surface area contributed by atoms with Crippen molar-refractivity contribution < 1.29 is 24.8 Å². The van der Waals surface area contributed by atoms with Gasteiger partial charge in [0, 0.05) is 24.4 Å². The molecule has 0 spiro atoms. The molecule has 3 N–H and O–H groups in total. The van der Waals surface area contributed by atoms with E-state index in [1.54, 1.807) is 7.11 Å². The van der Waals surface area contributed by atoms with Crippen LogP contribution in [0.1, 0.15) is 34.1 Å². The number of aliphatic hydroxyl groups excluding tert-OH is 2. The molecule has 1 aliphatic heterocycles. The third-order valence-corrected chi connectivity index (χ3v) is 6.69. The molecular formula is C16H28O5. The van der Waals surface area contributed by atoms with Gasteiger partial charge in [0.25, 0.3) is 0 Å². The second-order valence-corrected chi connectivity index (χ2v) is 8.17. The van der Waals surface area contributed by atoms with Crippen LogP contribution in [0.5, 0.6) is 0 Å². The Morgan fingerprint density at radius 2 is 1.81 bits per heavy atom. The van der Waals surface area contributed by atoms with Crippen LogP contribution in [0.25, 0.3) is 0 Å². The summed E-state index contributed by atoms with van der Waals surface area (Å²) in [5, 5.41) is 33.3. The topological polar surface area (TPSA) is 79.2 Å². The fourth-order valence-corrected chi connectivity index (χ4v) is 5.85. The predicted octanol–water partition coefficient (Wildman–Crippen LogP) is 0.760. The van der Waals surface area contributed by atoms with Crippen LogP contribution >= 0.6 is 0 Å². The van der Waals surface area contributed by atoms with E-state index in [1.165, 1.54) is 0 Å². The van der Waals surface area contributed by atoms with Gasteiger partial charge in [-0.05, 0) is 17.8 Å². The number of aliphatic hydroxyl groups is 3. The first-order valence-electron chi connectivity index (χ1n) is 7.85. The molecule has 0 radical (unpaired) electrons. The molecule has 2 saturated carbocycles. The van der Waals surface area contributed by atoms with E-state index in [0.29, 0.717) is 6.42 Å². The summed E-state index contributed by atoms with van der Waals surface area (Å²) in [6.07, 6.45) is -1.26. The largest absolute Gasteiger partial charge is 0.393 e. The zero-order valence-electron chi connectivity index (χ0n) is 13.5. The Hall–Kier alpha value is -0.200. The summed E-state index contributed by atoms with van der Waals surface area (Å²) in [5.74, 6) is -0.564. The van der Waals surface area contributed by atoms with Crippen molar-refractivity contribution in [3.05, 3.63) is 0 Å². The zero-order valence-corrected chi connectivity index (χ0v) is 13.5. The number of methoxy groups -OCH3 is 1. The van der Waals surface area contributed by atoms with Gasteiger partial charge in [-0.2, -0.15) is 0 Å². The average Bonchev–Trinajstić information content (AvgIpc) is 2.50. The molecule has 0 bridgehead atoms. The molecule has 3 rings (SSSR count). The fraction of sp³-hybridized carbons (Fsp3) is 1.00. The number of ether oxygens (including phenoxy) is 2. The third kappa shape index (κ3) is 1.59. The first-order chi connectivity index (χ1) is 9.62. The second kappa shape index (κ2) is 4.42. The SMILES string of the molecule is CO[C@H]1OC[C@@]2(C)[C@H](O)C(C)(C)[C@@H]3[C@@H](O)C[C@@H](C)[C@H]1[C@@]32O. The van der Waals surface area contributed by atoms with Crippen LogP contribution in [0.2, 0.25) is 0 Å². The first kappa shape index (κ1) is 15.7. The van der Waals surface area contributed by atoms with Crippen molar-refractivity contribution >= 4 is 0 Å². The molecule has 3 fully saturated rings. The minimum Gasteiger partial charge on any atom is -0.393 e. The lowest BCUT2D eigenvalue weighted by molar-refractivity contribution is -0.328. The lowest BCUT2D eigenvalue weighted by Crippen LogP contribution is -2.69. The summed E-state index contributed by atoms with van der Waals surface area (Å²) in [4.78, 5) is 0. The molecule has 21 heavy (non-hydrogen) atoms. The number of hydrogen-bond donors (Lipinski definition) is 3. The number of rotatable bonds is 1. The van der Waals surface area contributed by atoms with E-state index in [4.69, 9.17) is 9.47 Å². The van der Waals surface area contributed by atoms with E-state index >= 15 is 0 Å². The van der Waals surface area contributed by atoms with Gasteiger partial charge in [0.05, 0.1) is 24.4 Å². The standard InChI is InChI=1S/C16H28O5/c1-8-6-9(17)11-14(2,3)13(18)15(4)7-21-12(20-5)10(8)16(11,15)19/h8-13,17-19H,6-7H2,1-5H3/t8-,9+,10-,11+,12+,13-,15+,16-/m1/s1. The average molecular weight is 300 g/mol. The smallest absolute Gasteiger partial charge is 0.163 e. The van der Waals surface area contributed by atoms with Gasteiger partial charge in [0.2, 0.25) is 0 Å². The quantitative estimate of drug-likeness (QED) is 0.666. The Labute approximate surface area is 126 Å². The maximum atomic E-state index is 11.7. The van der Waals surface area contributed by atoms with Crippen LogP contribution < -0.4 is 0 Å². The summed E-state index contributed by atoms with van der Waals surface area (Å²) >= 11 is 0. The second-order valence-electron chi connectivity index (χ2n) is 8.17. The van der Waals surface area contributed by atoms with Gasteiger partial charge < -0.3 is 24.8 Å². The van der Waals surface area contributed by atoms with Crippen molar-refractivity contribution in [2.24, 2.45) is 28.6 Å². The summed E-state index contributed by atoms with van der Waals surface area (Å²) in [6.45, 7) is 7.99. The maximum absolute atomic E-state index is 11.7. The van der Waals surface area contributed by atoms with Crippen LogP contribution in [0, 0.1) is 28.6 Å². The molecule has 0 amide bonds. The zero-order chi connectivity index (χ0) is 15.8. The molecule has 1 saturated heterocycles. The third-order valence-electron chi connectivity index (χ3n) is 6.69. The molecule has 0 unspecified atom stereocenters. The van der Waals surface area contributed by atoms with Crippen LogP contribution in [-0.4, -0.2) is 53.1 Å². The van der Waals surface area contributed by atoms with E-state index < -0.39 is 34.9 Å². The maximum Gasteiger partial charge on any atom is 0.163 e. The van der Waals surface area contributed by atoms with Crippen molar-refractivity contribution in [3.63, 3.8) is 0 Å². The van der Waals surface area contributed by atoms with E-state index in [-0.39, 0.29) is 24.4 Å². The monoisotopic (exact) mass is 300 g/mol. The van der Waals surface area contributed by atoms with E-state index in [1.807, 2.05) is 27.7 Å². The van der Waals surface area contributed by atoms with Gasteiger partial charge in [-0.1, -0.05) is 27.7 Å². The highest BCUT2D eigenvalue weighted by atomic mass is 16.7. The van der Waals surface area contributed by atoms with Crippen molar-refractivity contribution in [2.75, 3.05) is 13.7 Å². The molecular weight excluding hydrogens is 272 g/mol. The summed E-state index contributed by atoms with van der Waals surface area (Å²) in [5.41, 5.74) is -2.56. The summed E-state index contributed by atoms with van der Waals surface area (Å²) in [6, 6.07) is 0. The molecule has 0 aromatic carbocycles. The Kier molecular flexibility index (Phi) is 3.30.